The number of halogens is 1. The number of ether oxygens (including phenoxy) is 1. The molecule has 0 aliphatic carbocycles. The number of carboxylic acid groups (broad SMARTS) is 1. The maximum atomic E-state index is 13.5. The van der Waals surface area contributed by atoms with Crippen LogP contribution in [0, 0.1) is 5.82 Å². The molecule has 1 rings (SSSR count). The highest BCUT2D eigenvalue weighted by Gasteiger charge is 2.07. The number of hydrogen-bond donors (Lipinski definition) is 2. The largest absolute Gasteiger partial charge is 0.478 e. The SMILES string of the molecule is CCCOCCCNCc1cc(C(=O)O)ccc1F. The van der Waals surface area contributed by atoms with Crippen molar-refractivity contribution in [2.24, 2.45) is 0 Å². The summed E-state index contributed by atoms with van der Waals surface area (Å²) < 4.78 is 18.8. The van der Waals surface area contributed by atoms with Gasteiger partial charge in [0.2, 0.25) is 0 Å². The molecule has 0 bridgehead atoms. The van der Waals surface area contributed by atoms with Gasteiger partial charge in [-0.1, -0.05) is 6.92 Å². The van der Waals surface area contributed by atoms with Gasteiger partial charge in [-0.2, -0.15) is 0 Å². The van der Waals surface area contributed by atoms with Crippen LogP contribution >= 0.6 is 0 Å². The molecule has 0 fully saturated rings. The molecule has 5 heteroatoms. The topological polar surface area (TPSA) is 58.6 Å². The molecule has 0 aliphatic heterocycles. The highest BCUT2D eigenvalue weighted by molar-refractivity contribution is 5.87. The van der Waals surface area contributed by atoms with Crippen LogP contribution in [0.15, 0.2) is 18.2 Å². The van der Waals surface area contributed by atoms with E-state index in [1.54, 1.807) is 0 Å². The Morgan fingerprint density at radius 3 is 2.89 bits per heavy atom. The lowest BCUT2D eigenvalue weighted by atomic mass is 10.1. The molecule has 106 valence electrons. The standard InChI is InChI=1S/C14H20FNO3/c1-2-7-19-8-3-6-16-10-12-9-11(14(17)18)4-5-13(12)15/h4-5,9,16H,2-3,6-8,10H2,1H3,(H,17,18). The van der Waals surface area contributed by atoms with Crippen LogP contribution in [-0.2, 0) is 11.3 Å². The minimum absolute atomic E-state index is 0.101. The summed E-state index contributed by atoms with van der Waals surface area (Å²) in [5.41, 5.74) is 0.471. The van der Waals surface area contributed by atoms with Crippen molar-refractivity contribution < 1.29 is 19.0 Å². The average molecular weight is 269 g/mol. The summed E-state index contributed by atoms with van der Waals surface area (Å²) in [6.07, 6.45) is 1.85. The fourth-order valence-corrected chi connectivity index (χ4v) is 1.61. The van der Waals surface area contributed by atoms with E-state index in [2.05, 4.69) is 12.2 Å². The van der Waals surface area contributed by atoms with Gasteiger partial charge in [-0.25, -0.2) is 9.18 Å². The molecule has 4 nitrogen and oxygen atoms in total. The molecule has 0 saturated heterocycles. The molecule has 0 aromatic heterocycles. The van der Waals surface area contributed by atoms with E-state index >= 15 is 0 Å². The molecular formula is C14H20FNO3. The van der Waals surface area contributed by atoms with E-state index in [9.17, 15) is 9.18 Å². The number of benzene rings is 1. The van der Waals surface area contributed by atoms with Crippen LogP contribution in [-0.4, -0.2) is 30.8 Å². The van der Waals surface area contributed by atoms with Gasteiger partial charge in [0.15, 0.2) is 0 Å². The monoisotopic (exact) mass is 269 g/mol. The maximum absolute atomic E-state index is 13.5. The van der Waals surface area contributed by atoms with Crippen LogP contribution in [0.5, 0.6) is 0 Å². The van der Waals surface area contributed by atoms with Gasteiger partial charge in [0, 0.05) is 25.3 Å². The van der Waals surface area contributed by atoms with Crippen molar-refractivity contribution in [2.75, 3.05) is 19.8 Å². The Kier molecular flexibility index (Phi) is 7.07. The minimum atomic E-state index is -1.05. The number of carbonyl (C=O) groups is 1. The lowest BCUT2D eigenvalue weighted by Crippen LogP contribution is -2.17. The fraction of sp³-hybridized carbons (Fsp3) is 0.500. The quantitative estimate of drug-likeness (QED) is 0.676. The lowest BCUT2D eigenvalue weighted by molar-refractivity contribution is 0.0696. The Morgan fingerprint density at radius 2 is 2.21 bits per heavy atom. The molecule has 0 radical (unpaired) electrons. The van der Waals surface area contributed by atoms with Gasteiger partial charge in [-0.15, -0.1) is 0 Å². The first-order valence-electron chi connectivity index (χ1n) is 6.45. The Bertz CT molecular complexity index is 410. The molecule has 1 aromatic carbocycles. The zero-order valence-electron chi connectivity index (χ0n) is 11.1. The van der Waals surface area contributed by atoms with Crippen molar-refractivity contribution >= 4 is 5.97 Å². The fourth-order valence-electron chi connectivity index (χ4n) is 1.61. The van der Waals surface area contributed by atoms with Crippen LogP contribution in [0.25, 0.3) is 0 Å². The second-order valence-electron chi connectivity index (χ2n) is 4.25. The molecule has 0 unspecified atom stereocenters. The Morgan fingerprint density at radius 1 is 1.42 bits per heavy atom. The average Bonchev–Trinajstić information content (AvgIpc) is 2.39. The predicted octanol–water partition coefficient (Wildman–Crippen LogP) is 2.43. The normalized spacial score (nSPS) is 10.6. The highest BCUT2D eigenvalue weighted by atomic mass is 19.1. The summed E-state index contributed by atoms with van der Waals surface area (Å²) in [6, 6.07) is 3.81. The van der Waals surface area contributed by atoms with Gasteiger partial charge in [0.05, 0.1) is 5.56 Å². The number of aromatic carboxylic acids is 1. The summed E-state index contributed by atoms with van der Waals surface area (Å²) in [4.78, 5) is 10.8. The van der Waals surface area contributed by atoms with E-state index < -0.39 is 5.97 Å². The van der Waals surface area contributed by atoms with Gasteiger partial charge >= 0.3 is 5.97 Å². The third-order valence-corrected chi connectivity index (χ3v) is 2.60. The minimum Gasteiger partial charge on any atom is -0.478 e. The van der Waals surface area contributed by atoms with Gasteiger partial charge < -0.3 is 15.2 Å². The van der Waals surface area contributed by atoms with Gasteiger partial charge in [0.25, 0.3) is 0 Å². The van der Waals surface area contributed by atoms with Gasteiger partial charge in [0.1, 0.15) is 5.82 Å². The van der Waals surface area contributed by atoms with E-state index in [4.69, 9.17) is 9.84 Å². The molecule has 0 atom stereocenters. The zero-order chi connectivity index (χ0) is 14.1. The molecule has 1 aromatic rings. The number of hydrogen-bond acceptors (Lipinski definition) is 3. The van der Waals surface area contributed by atoms with E-state index in [0.29, 0.717) is 25.3 Å². The maximum Gasteiger partial charge on any atom is 0.335 e. The summed E-state index contributed by atoms with van der Waals surface area (Å²) in [6.45, 7) is 4.52. The second-order valence-corrected chi connectivity index (χ2v) is 4.25. The van der Waals surface area contributed by atoms with E-state index in [1.165, 1.54) is 18.2 Å². The van der Waals surface area contributed by atoms with E-state index in [-0.39, 0.29) is 11.4 Å². The number of nitrogens with one attached hydrogen (secondary N) is 1. The first kappa shape index (κ1) is 15.6. The molecule has 0 amide bonds. The molecular weight excluding hydrogens is 249 g/mol. The van der Waals surface area contributed by atoms with Crippen LogP contribution < -0.4 is 5.32 Å². The molecule has 19 heavy (non-hydrogen) atoms. The summed E-state index contributed by atoms with van der Waals surface area (Å²) in [5, 5.41) is 11.9. The third kappa shape index (κ3) is 5.81. The van der Waals surface area contributed by atoms with Gasteiger partial charge in [-0.05, 0) is 37.6 Å². The summed E-state index contributed by atoms with van der Waals surface area (Å²) in [7, 11) is 0. The first-order valence-corrected chi connectivity index (χ1v) is 6.45. The summed E-state index contributed by atoms with van der Waals surface area (Å²) in [5.74, 6) is -1.44. The first-order chi connectivity index (χ1) is 9.15. The van der Waals surface area contributed by atoms with Crippen molar-refractivity contribution in [3.8, 4) is 0 Å². The number of carboxylic acids is 1. The van der Waals surface area contributed by atoms with Crippen molar-refractivity contribution in [1.82, 2.24) is 5.32 Å². The summed E-state index contributed by atoms with van der Waals surface area (Å²) >= 11 is 0. The molecule has 0 spiro atoms. The van der Waals surface area contributed by atoms with Crippen LogP contribution in [0.3, 0.4) is 0 Å². The zero-order valence-corrected chi connectivity index (χ0v) is 11.1. The van der Waals surface area contributed by atoms with E-state index in [1.807, 2.05) is 0 Å². The molecule has 0 aliphatic rings. The van der Waals surface area contributed by atoms with Crippen molar-refractivity contribution in [3.63, 3.8) is 0 Å². The van der Waals surface area contributed by atoms with Crippen LogP contribution in [0.4, 0.5) is 4.39 Å². The Labute approximate surface area is 112 Å². The Hall–Kier alpha value is -1.46. The third-order valence-electron chi connectivity index (χ3n) is 2.60. The predicted molar refractivity (Wildman–Crippen MR) is 70.8 cm³/mol. The van der Waals surface area contributed by atoms with Crippen molar-refractivity contribution in [2.45, 2.75) is 26.3 Å². The van der Waals surface area contributed by atoms with E-state index in [0.717, 1.165) is 19.4 Å². The van der Waals surface area contributed by atoms with Crippen LogP contribution in [0.1, 0.15) is 35.7 Å². The highest BCUT2D eigenvalue weighted by Crippen LogP contribution is 2.10. The number of rotatable bonds is 9. The van der Waals surface area contributed by atoms with Crippen molar-refractivity contribution in [1.29, 1.82) is 0 Å². The molecule has 0 heterocycles. The van der Waals surface area contributed by atoms with Gasteiger partial charge in [-0.3, -0.25) is 0 Å². The molecule has 2 N–H and O–H groups in total. The van der Waals surface area contributed by atoms with Crippen LogP contribution in [0.2, 0.25) is 0 Å². The Balaban J connectivity index is 2.32. The second kappa shape index (κ2) is 8.61. The lowest BCUT2D eigenvalue weighted by Gasteiger charge is -2.07. The van der Waals surface area contributed by atoms with Crippen molar-refractivity contribution in [3.05, 3.63) is 35.1 Å². The smallest absolute Gasteiger partial charge is 0.335 e. The molecule has 0 saturated carbocycles.